The van der Waals surface area contributed by atoms with Gasteiger partial charge in [-0.1, -0.05) is 27.7 Å². The van der Waals surface area contributed by atoms with Gasteiger partial charge >= 0.3 is 0 Å². The highest BCUT2D eigenvalue weighted by molar-refractivity contribution is 5.82. The third kappa shape index (κ3) is 4.97. The van der Waals surface area contributed by atoms with Crippen LogP contribution in [0.5, 0.6) is 0 Å². The molecule has 16 heavy (non-hydrogen) atoms. The van der Waals surface area contributed by atoms with Crippen LogP contribution in [0.25, 0.3) is 0 Å². The molecule has 0 aliphatic rings. The molecule has 0 aromatic carbocycles. The van der Waals surface area contributed by atoms with E-state index >= 15 is 0 Å². The molecule has 0 radical (unpaired) electrons. The second kappa shape index (κ2) is 6.24. The number of nitrogens with one attached hydrogen (secondary N) is 1. The van der Waals surface area contributed by atoms with Crippen LogP contribution in [0.1, 0.15) is 47.5 Å². The van der Waals surface area contributed by atoms with E-state index in [1.807, 2.05) is 13.8 Å². The van der Waals surface area contributed by atoms with Crippen LogP contribution in [0, 0.1) is 16.7 Å². The zero-order valence-corrected chi connectivity index (χ0v) is 11.8. The first-order valence-corrected chi connectivity index (χ1v) is 6.23. The van der Waals surface area contributed by atoms with Crippen molar-refractivity contribution in [2.24, 2.45) is 17.1 Å². The Balaban J connectivity index is 3.95. The van der Waals surface area contributed by atoms with E-state index in [0.29, 0.717) is 17.8 Å². The summed E-state index contributed by atoms with van der Waals surface area (Å²) >= 11 is 0. The van der Waals surface area contributed by atoms with E-state index in [9.17, 15) is 0 Å². The lowest BCUT2D eigenvalue weighted by atomic mass is 9.86. The smallest absolute Gasteiger partial charge is 0.0963 e. The minimum absolute atomic E-state index is 0.151. The summed E-state index contributed by atoms with van der Waals surface area (Å²) in [4.78, 5) is 2.39. The van der Waals surface area contributed by atoms with E-state index in [-0.39, 0.29) is 5.41 Å². The molecule has 3 N–H and O–H groups in total. The summed E-state index contributed by atoms with van der Waals surface area (Å²) in [5.74, 6) is 0.984. The molecule has 1 unspecified atom stereocenters. The van der Waals surface area contributed by atoms with Gasteiger partial charge < -0.3 is 10.6 Å². The van der Waals surface area contributed by atoms with Crippen LogP contribution >= 0.6 is 0 Å². The molecular weight excluding hydrogens is 198 g/mol. The third-order valence-corrected chi connectivity index (χ3v) is 3.70. The largest absolute Gasteiger partial charge is 0.387 e. The normalized spacial score (nSPS) is 14.5. The van der Waals surface area contributed by atoms with Gasteiger partial charge in [0, 0.05) is 11.5 Å². The molecule has 0 amide bonds. The number of hydrogen-bond donors (Lipinski definition) is 2. The Morgan fingerprint density at radius 3 is 2.19 bits per heavy atom. The average molecular weight is 227 g/mol. The van der Waals surface area contributed by atoms with Crippen molar-refractivity contribution in [2.45, 2.75) is 53.5 Å². The van der Waals surface area contributed by atoms with Crippen LogP contribution in [0.15, 0.2) is 0 Å². The molecule has 3 nitrogen and oxygen atoms in total. The zero-order chi connectivity index (χ0) is 12.9. The van der Waals surface area contributed by atoms with Gasteiger partial charge in [-0.15, -0.1) is 0 Å². The van der Waals surface area contributed by atoms with Crippen molar-refractivity contribution in [3.8, 4) is 0 Å². The molecule has 0 spiro atoms. The highest BCUT2D eigenvalue weighted by Gasteiger charge is 2.21. The average Bonchev–Trinajstić information content (AvgIpc) is 2.15. The van der Waals surface area contributed by atoms with E-state index in [2.05, 4.69) is 32.7 Å². The number of nitrogens with two attached hydrogens (primary N) is 1. The van der Waals surface area contributed by atoms with Crippen LogP contribution in [0.3, 0.4) is 0 Å². The lowest BCUT2D eigenvalue weighted by Gasteiger charge is -2.29. The molecule has 96 valence electrons. The Labute approximate surface area is 101 Å². The highest BCUT2D eigenvalue weighted by atomic mass is 15.1. The van der Waals surface area contributed by atoms with Gasteiger partial charge in [0.05, 0.1) is 5.84 Å². The quantitative estimate of drug-likeness (QED) is 0.519. The topological polar surface area (TPSA) is 53.1 Å². The molecule has 0 saturated carbocycles. The molecular formula is C13H29N3. The van der Waals surface area contributed by atoms with Gasteiger partial charge in [-0.2, -0.15) is 0 Å². The lowest BCUT2D eigenvalue weighted by Crippen LogP contribution is -2.36. The maximum absolute atomic E-state index is 7.50. The predicted octanol–water partition coefficient (Wildman–Crippen LogP) is 2.71. The maximum atomic E-state index is 7.50. The summed E-state index contributed by atoms with van der Waals surface area (Å²) in [6.45, 7) is 11.9. The summed E-state index contributed by atoms with van der Waals surface area (Å²) in [6, 6.07) is 0.612. The predicted molar refractivity (Wildman–Crippen MR) is 71.9 cm³/mol. The van der Waals surface area contributed by atoms with Crippen molar-refractivity contribution in [1.29, 1.82) is 5.41 Å². The van der Waals surface area contributed by atoms with Gasteiger partial charge in [-0.3, -0.25) is 5.41 Å². The second-order valence-electron chi connectivity index (χ2n) is 5.87. The fourth-order valence-corrected chi connectivity index (χ4v) is 1.62. The van der Waals surface area contributed by atoms with Gasteiger partial charge in [0.25, 0.3) is 0 Å². The van der Waals surface area contributed by atoms with Crippen LogP contribution in [-0.4, -0.2) is 30.4 Å². The zero-order valence-electron chi connectivity index (χ0n) is 11.8. The van der Waals surface area contributed by atoms with E-state index in [4.69, 9.17) is 11.1 Å². The van der Waals surface area contributed by atoms with Crippen LogP contribution in [-0.2, 0) is 0 Å². The van der Waals surface area contributed by atoms with E-state index < -0.39 is 0 Å². The summed E-state index contributed by atoms with van der Waals surface area (Å²) in [7, 11) is 2.17. The van der Waals surface area contributed by atoms with Gasteiger partial charge in [-0.05, 0) is 39.3 Å². The number of rotatable bonds is 7. The Morgan fingerprint density at radius 2 is 1.81 bits per heavy atom. The molecule has 0 rings (SSSR count). The monoisotopic (exact) mass is 227 g/mol. The maximum Gasteiger partial charge on any atom is 0.0963 e. The standard InChI is InChI=1S/C13H29N3/c1-10(2)11(3)16(6)9-7-8-13(4,5)12(14)15/h10-11H,7-9H2,1-6H3,(H3,14,15). The number of hydrogen-bond acceptors (Lipinski definition) is 2. The molecule has 3 heteroatoms. The SMILES string of the molecule is CC(C)C(C)N(C)CCCC(C)(C)C(=N)N. The van der Waals surface area contributed by atoms with E-state index in [0.717, 1.165) is 19.4 Å². The first-order chi connectivity index (χ1) is 7.18. The molecule has 1 atom stereocenters. The molecule has 0 heterocycles. The van der Waals surface area contributed by atoms with E-state index in [1.165, 1.54) is 0 Å². The first-order valence-electron chi connectivity index (χ1n) is 6.23. The molecule has 0 aliphatic heterocycles. The van der Waals surface area contributed by atoms with E-state index in [1.54, 1.807) is 0 Å². The Hall–Kier alpha value is -0.570. The van der Waals surface area contributed by atoms with Crippen LogP contribution in [0.4, 0.5) is 0 Å². The van der Waals surface area contributed by atoms with Gasteiger partial charge in [0.15, 0.2) is 0 Å². The lowest BCUT2D eigenvalue weighted by molar-refractivity contribution is 0.199. The molecule has 0 aromatic heterocycles. The summed E-state index contributed by atoms with van der Waals surface area (Å²) in [5, 5.41) is 7.50. The number of nitrogens with zero attached hydrogens (tertiary/aromatic N) is 1. The minimum Gasteiger partial charge on any atom is -0.387 e. The minimum atomic E-state index is -0.151. The van der Waals surface area contributed by atoms with Gasteiger partial charge in [0.2, 0.25) is 0 Å². The summed E-state index contributed by atoms with van der Waals surface area (Å²) in [5.41, 5.74) is 5.41. The Kier molecular flexibility index (Phi) is 6.01. The van der Waals surface area contributed by atoms with Crippen molar-refractivity contribution in [3.05, 3.63) is 0 Å². The van der Waals surface area contributed by atoms with Crippen molar-refractivity contribution < 1.29 is 0 Å². The van der Waals surface area contributed by atoms with Crippen LogP contribution in [0.2, 0.25) is 0 Å². The highest BCUT2D eigenvalue weighted by Crippen LogP contribution is 2.22. The fraction of sp³-hybridized carbons (Fsp3) is 0.923. The van der Waals surface area contributed by atoms with Crippen LogP contribution < -0.4 is 5.73 Å². The molecule has 0 bridgehead atoms. The second-order valence-corrected chi connectivity index (χ2v) is 5.87. The van der Waals surface area contributed by atoms with Crippen molar-refractivity contribution in [2.75, 3.05) is 13.6 Å². The first kappa shape index (κ1) is 15.4. The van der Waals surface area contributed by atoms with Gasteiger partial charge in [0.1, 0.15) is 0 Å². The molecule has 0 aromatic rings. The third-order valence-electron chi connectivity index (χ3n) is 3.70. The molecule has 0 fully saturated rings. The molecule has 0 saturated heterocycles. The molecule has 0 aliphatic carbocycles. The Morgan fingerprint density at radius 1 is 1.31 bits per heavy atom. The summed E-state index contributed by atoms with van der Waals surface area (Å²) in [6.07, 6.45) is 2.08. The van der Waals surface area contributed by atoms with Crippen molar-refractivity contribution >= 4 is 5.84 Å². The van der Waals surface area contributed by atoms with Gasteiger partial charge in [-0.25, -0.2) is 0 Å². The summed E-state index contributed by atoms with van der Waals surface area (Å²) < 4.78 is 0. The van der Waals surface area contributed by atoms with Crippen molar-refractivity contribution in [1.82, 2.24) is 4.90 Å². The Bertz CT molecular complexity index is 221. The number of amidine groups is 1. The fourth-order valence-electron chi connectivity index (χ4n) is 1.62. The van der Waals surface area contributed by atoms with Crippen molar-refractivity contribution in [3.63, 3.8) is 0 Å².